The smallest absolute Gasteiger partial charge is 0.359 e. The standard InChI is InChI=1S/C21H17F3N8O3S/c1-11-2-3-12(6-14(11)21(22,23)24)29-19(34)16-7-13(31-32-35-16)9-26-18(33)15-8-17(28-10-27-15)30-20-25-4-5-36-20/h2-8,10,32H,9H2,1H3,(H,26,33)(H,29,34)(H,25,27,28,30). The van der Waals surface area contributed by atoms with Gasteiger partial charge in [-0.3, -0.25) is 9.59 Å². The molecular weight excluding hydrogens is 501 g/mol. The predicted octanol–water partition coefficient (Wildman–Crippen LogP) is 3.15. The van der Waals surface area contributed by atoms with Crippen LogP contribution in [0.1, 0.15) is 21.6 Å². The number of halogens is 3. The largest absolute Gasteiger partial charge is 0.416 e. The van der Waals surface area contributed by atoms with E-state index < -0.39 is 23.6 Å². The number of nitrogens with one attached hydrogen (secondary N) is 4. The van der Waals surface area contributed by atoms with Crippen molar-refractivity contribution in [3.8, 4) is 0 Å². The summed E-state index contributed by atoms with van der Waals surface area (Å²) in [6.45, 7) is 1.22. The van der Waals surface area contributed by atoms with Gasteiger partial charge in [-0.25, -0.2) is 15.0 Å². The second-order valence-electron chi connectivity index (χ2n) is 7.22. The number of rotatable bonds is 7. The van der Waals surface area contributed by atoms with E-state index in [1.807, 2.05) is 0 Å². The summed E-state index contributed by atoms with van der Waals surface area (Å²) in [6, 6.07) is 4.86. The number of amides is 2. The molecule has 4 rings (SSSR count). The molecule has 4 N–H and O–H groups in total. The van der Waals surface area contributed by atoms with Gasteiger partial charge in [0.1, 0.15) is 17.8 Å². The van der Waals surface area contributed by atoms with E-state index in [4.69, 9.17) is 4.84 Å². The topological polar surface area (TPSA) is 143 Å². The van der Waals surface area contributed by atoms with Crippen LogP contribution in [0.15, 0.2) is 59.1 Å². The normalized spacial score (nSPS) is 13.0. The number of nitrogens with zero attached hydrogens (tertiary/aromatic N) is 4. The van der Waals surface area contributed by atoms with Crippen molar-refractivity contribution in [1.29, 1.82) is 0 Å². The maximum absolute atomic E-state index is 13.1. The van der Waals surface area contributed by atoms with Crippen molar-refractivity contribution in [3.05, 3.63) is 70.8 Å². The number of hydrogen-bond acceptors (Lipinski definition) is 10. The van der Waals surface area contributed by atoms with Crippen LogP contribution in [0, 0.1) is 6.92 Å². The van der Waals surface area contributed by atoms with E-state index in [0.717, 1.165) is 6.07 Å². The number of aryl methyl sites for hydroxylation is 1. The van der Waals surface area contributed by atoms with Crippen molar-refractivity contribution >= 4 is 45.5 Å². The lowest BCUT2D eigenvalue weighted by atomic mass is 10.1. The Labute approximate surface area is 205 Å². The third-order valence-electron chi connectivity index (χ3n) is 4.66. The summed E-state index contributed by atoms with van der Waals surface area (Å²) >= 11 is 1.36. The monoisotopic (exact) mass is 518 g/mol. The van der Waals surface area contributed by atoms with Gasteiger partial charge in [0, 0.05) is 29.4 Å². The number of hydrogen-bond donors (Lipinski definition) is 4. The predicted molar refractivity (Wildman–Crippen MR) is 124 cm³/mol. The van der Waals surface area contributed by atoms with Crippen LogP contribution in [0.2, 0.25) is 0 Å². The first-order chi connectivity index (χ1) is 17.2. The number of hydrazone groups is 1. The van der Waals surface area contributed by atoms with Gasteiger partial charge >= 0.3 is 6.18 Å². The summed E-state index contributed by atoms with van der Waals surface area (Å²) in [4.78, 5) is 42.0. The Morgan fingerprint density at radius 3 is 2.72 bits per heavy atom. The quantitative estimate of drug-likeness (QED) is 0.374. The molecule has 0 radical (unpaired) electrons. The Balaban J connectivity index is 1.37. The molecule has 1 aromatic carbocycles. The highest BCUT2D eigenvalue weighted by molar-refractivity contribution is 7.13. The van der Waals surface area contributed by atoms with Crippen molar-refractivity contribution in [3.63, 3.8) is 0 Å². The number of carbonyl (C=O) groups excluding carboxylic acids is 2. The minimum Gasteiger partial charge on any atom is -0.359 e. The minimum atomic E-state index is -4.56. The Kier molecular flexibility index (Phi) is 7.10. The van der Waals surface area contributed by atoms with E-state index in [2.05, 4.69) is 41.6 Å². The number of benzene rings is 1. The van der Waals surface area contributed by atoms with Crippen molar-refractivity contribution in [2.24, 2.45) is 5.10 Å². The molecule has 3 heterocycles. The Morgan fingerprint density at radius 2 is 1.97 bits per heavy atom. The first-order valence-corrected chi connectivity index (χ1v) is 11.0. The number of aromatic nitrogens is 3. The van der Waals surface area contributed by atoms with Gasteiger partial charge in [-0.05, 0) is 24.6 Å². The van der Waals surface area contributed by atoms with Gasteiger partial charge in [-0.2, -0.15) is 13.2 Å². The summed E-state index contributed by atoms with van der Waals surface area (Å²) in [6.07, 6.45) is -0.490. The molecule has 0 aliphatic carbocycles. The van der Waals surface area contributed by atoms with Crippen LogP contribution in [-0.4, -0.2) is 39.0 Å². The van der Waals surface area contributed by atoms with Crippen LogP contribution in [0.25, 0.3) is 0 Å². The van der Waals surface area contributed by atoms with Crippen LogP contribution in [0.4, 0.5) is 29.8 Å². The maximum Gasteiger partial charge on any atom is 0.416 e. The van der Waals surface area contributed by atoms with E-state index in [1.54, 1.807) is 11.6 Å². The first kappa shape index (κ1) is 24.6. The zero-order chi connectivity index (χ0) is 25.7. The lowest BCUT2D eigenvalue weighted by molar-refractivity contribution is -0.138. The van der Waals surface area contributed by atoms with E-state index >= 15 is 0 Å². The number of anilines is 3. The SMILES string of the molecule is Cc1ccc(NC(=O)C2=CC(CNC(=O)c3cc(Nc4nccs4)ncn3)=NNO2)cc1C(F)(F)F. The van der Waals surface area contributed by atoms with Crippen LogP contribution in [0.5, 0.6) is 0 Å². The van der Waals surface area contributed by atoms with Crippen molar-refractivity contribution < 1.29 is 27.6 Å². The summed E-state index contributed by atoms with van der Waals surface area (Å²) in [5.41, 5.74) is 1.57. The summed E-state index contributed by atoms with van der Waals surface area (Å²) < 4.78 is 39.4. The zero-order valence-electron chi connectivity index (χ0n) is 18.4. The molecule has 3 aromatic rings. The lowest BCUT2D eigenvalue weighted by Crippen LogP contribution is -2.33. The highest BCUT2D eigenvalue weighted by atomic mass is 32.1. The van der Waals surface area contributed by atoms with Gasteiger partial charge in [0.15, 0.2) is 5.13 Å². The maximum atomic E-state index is 13.1. The average molecular weight is 518 g/mol. The molecule has 15 heteroatoms. The van der Waals surface area contributed by atoms with Gasteiger partial charge in [0.05, 0.1) is 17.8 Å². The molecule has 0 atom stereocenters. The number of alkyl halides is 3. The molecule has 0 spiro atoms. The molecule has 0 unspecified atom stereocenters. The molecule has 11 nitrogen and oxygen atoms in total. The zero-order valence-corrected chi connectivity index (χ0v) is 19.2. The fraction of sp³-hybridized carbons (Fsp3) is 0.143. The molecule has 2 aromatic heterocycles. The molecule has 0 bridgehead atoms. The van der Waals surface area contributed by atoms with Crippen LogP contribution >= 0.6 is 11.3 Å². The summed E-state index contributed by atoms with van der Waals surface area (Å²) in [5, 5.41) is 14.1. The minimum absolute atomic E-state index is 0.0234. The van der Waals surface area contributed by atoms with Gasteiger partial charge < -0.3 is 20.8 Å². The van der Waals surface area contributed by atoms with E-state index in [-0.39, 0.29) is 35.0 Å². The van der Waals surface area contributed by atoms with Gasteiger partial charge in [-0.1, -0.05) is 6.07 Å². The molecule has 2 amide bonds. The average Bonchev–Trinajstić information content (AvgIpc) is 3.36. The van der Waals surface area contributed by atoms with E-state index in [9.17, 15) is 22.8 Å². The van der Waals surface area contributed by atoms with Crippen LogP contribution in [0.3, 0.4) is 0 Å². The Bertz CT molecular complexity index is 1340. The fourth-order valence-corrected chi connectivity index (χ4v) is 3.49. The summed E-state index contributed by atoms with van der Waals surface area (Å²) in [5.74, 6) is -1.24. The molecule has 0 saturated heterocycles. The van der Waals surface area contributed by atoms with Gasteiger partial charge in [-0.15, -0.1) is 22.0 Å². The van der Waals surface area contributed by atoms with E-state index in [0.29, 0.717) is 10.9 Å². The van der Waals surface area contributed by atoms with Gasteiger partial charge in [0.2, 0.25) is 5.76 Å². The van der Waals surface area contributed by atoms with Crippen LogP contribution in [-0.2, 0) is 15.8 Å². The first-order valence-electron chi connectivity index (χ1n) is 10.1. The second-order valence-corrected chi connectivity index (χ2v) is 8.11. The summed E-state index contributed by atoms with van der Waals surface area (Å²) in [7, 11) is 0. The number of thiazole rings is 1. The molecule has 0 saturated carbocycles. The Hall–Kier alpha value is -4.53. The lowest BCUT2D eigenvalue weighted by Gasteiger charge is -2.16. The van der Waals surface area contributed by atoms with Crippen molar-refractivity contribution in [1.82, 2.24) is 25.9 Å². The highest BCUT2D eigenvalue weighted by Gasteiger charge is 2.32. The Morgan fingerprint density at radius 1 is 1.14 bits per heavy atom. The van der Waals surface area contributed by atoms with Gasteiger partial charge in [0.25, 0.3) is 11.8 Å². The van der Waals surface area contributed by atoms with Crippen molar-refractivity contribution in [2.45, 2.75) is 13.1 Å². The third-order valence-corrected chi connectivity index (χ3v) is 5.35. The highest BCUT2D eigenvalue weighted by Crippen LogP contribution is 2.33. The molecular formula is C21H17F3N8O3S. The van der Waals surface area contributed by atoms with E-state index in [1.165, 1.54) is 48.9 Å². The second kappa shape index (κ2) is 10.4. The fourth-order valence-electron chi connectivity index (χ4n) is 2.95. The van der Waals surface area contributed by atoms with Crippen LogP contribution < -0.4 is 21.5 Å². The molecule has 36 heavy (non-hydrogen) atoms. The molecule has 186 valence electrons. The molecule has 0 fully saturated rings. The third kappa shape index (κ3) is 6.12. The molecule has 1 aliphatic heterocycles. The van der Waals surface area contributed by atoms with Crippen molar-refractivity contribution in [2.75, 3.05) is 17.2 Å². The molecule has 1 aliphatic rings. The number of carbonyl (C=O) groups is 2.